The van der Waals surface area contributed by atoms with E-state index < -0.39 is 5.92 Å². The maximum atomic E-state index is 12.1. The highest BCUT2D eigenvalue weighted by Gasteiger charge is 2.27. The van der Waals surface area contributed by atoms with Gasteiger partial charge in [0.15, 0.2) is 0 Å². The number of piperidine rings is 1. The number of aliphatic hydroxyl groups excluding tert-OH is 1. The topological polar surface area (TPSA) is 73.6 Å². The minimum atomic E-state index is -0.495. The second kappa shape index (κ2) is 8.06. The molecule has 0 aliphatic carbocycles. The number of likely N-dealkylation sites (tertiary alicyclic amines) is 1. The molecule has 1 aliphatic rings. The van der Waals surface area contributed by atoms with Crippen LogP contribution in [0.1, 0.15) is 32.6 Å². The Hall–Kier alpha value is -1.12. The number of nitriles is 1. The Kier molecular flexibility index (Phi) is 6.69. The van der Waals surface area contributed by atoms with E-state index in [1.807, 2.05) is 6.92 Å². The van der Waals surface area contributed by atoms with E-state index in [4.69, 9.17) is 15.1 Å². The van der Waals surface area contributed by atoms with Crippen LogP contribution in [0, 0.1) is 17.2 Å². The van der Waals surface area contributed by atoms with Crippen molar-refractivity contribution in [3.63, 3.8) is 0 Å². The van der Waals surface area contributed by atoms with Gasteiger partial charge in [-0.25, -0.2) is 0 Å². The molecule has 0 radical (unpaired) electrons. The zero-order valence-electron chi connectivity index (χ0n) is 11.0. The maximum Gasteiger partial charge on any atom is 0.239 e. The molecule has 1 fully saturated rings. The lowest BCUT2D eigenvalue weighted by Gasteiger charge is -2.32. The summed E-state index contributed by atoms with van der Waals surface area (Å²) < 4.78 is 5.44. The molecule has 0 aromatic carbocycles. The first kappa shape index (κ1) is 14.9. The summed E-state index contributed by atoms with van der Waals surface area (Å²) in [7, 11) is 0. The Morgan fingerprint density at radius 2 is 2.22 bits per heavy atom. The Labute approximate surface area is 108 Å². The van der Waals surface area contributed by atoms with Crippen molar-refractivity contribution in [2.45, 2.75) is 38.7 Å². The summed E-state index contributed by atoms with van der Waals surface area (Å²) in [5, 5.41) is 17.7. The maximum absolute atomic E-state index is 12.1. The Bertz CT molecular complexity index is 293. The standard InChI is InChI=1S/C13H22N2O3/c1-2-3-11(10-14)13(17)15-6-4-12(5-7-15)18-9-8-16/h11-12,16H,2-9H2,1H3. The molecule has 0 aromatic heterocycles. The van der Waals surface area contributed by atoms with Crippen molar-refractivity contribution < 1.29 is 14.6 Å². The van der Waals surface area contributed by atoms with E-state index in [-0.39, 0.29) is 18.6 Å². The third kappa shape index (κ3) is 4.28. The second-order valence-electron chi connectivity index (χ2n) is 4.59. The first-order valence-electron chi connectivity index (χ1n) is 6.63. The predicted octanol–water partition coefficient (Wildman–Crippen LogP) is 0.926. The number of carbonyl (C=O) groups excluding carboxylic acids is 1. The summed E-state index contributed by atoms with van der Waals surface area (Å²) >= 11 is 0. The third-order valence-electron chi connectivity index (χ3n) is 3.23. The summed E-state index contributed by atoms with van der Waals surface area (Å²) in [6, 6.07) is 2.09. The van der Waals surface area contributed by atoms with Crippen LogP contribution in [-0.2, 0) is 9.53 Å². The van der Waals surface area contributed by atoms with Gasteiger partial charge < -0.3 is 14.7 Å². The monoisotopic (exact) mass is 254 g/mol. The van der Waals surface area contributed by atoms with Gasteiger partial charge in [-0.1, -0.05) is 13.3 Å². The lowest BCUT2D eigenvalue weighted by atomic mass is 10.0. The highest BCUT2D eigenvalue weighted by Crippen LogP contribution is 2.17. The van der Waals surface area contributed by atoms with E-state index in [1.54, 1.807) is 4.90 Å². The lowest BCUT2D eigenvalue weighted by molar-refractivity contribution is -0.136. The molecule has 1 heterocycles. The Morgan fingerprint density at radius 1 is 1.56 bits per heavy atom. The number of carbonyl (C=O) groups is 1. The molecule has 0 aromatic rings. The molecule has 1 N–H and O–H groups in total. The second-order valence-corrected chi connectivity index (χ2v) is 4.59. The van der Waals surface area contributed by atoms with Crippen LogP contribution in [0.15, 0.2) is 0 Å². The number of nitrogens with zero attached hydrogens (tertiary/aromatic N) is 2. The minimum Gasteiger partial charge on any atom is -0.394 e. The summed E-state index contributed by atoms with van der Waals surface area (Å²) in [6.45, 7) is 3.67. The molecule has 1 unspecified atom stereocenters. The van der Waals surface area contributed by atoms with E-state index in [1.165, 1.54) is 0 Å². The van der Waals surface area contributed by atoms with Crippen LogP contribution >= 0.6 is 0 Å². The zero-order valence-corrected chi connectivity index (χ0v) is 11.0. The molecule has 0 spiro atoms. The highest BCUT2D eigenvalue weighted by molar-refractivity contribution is 5.81. The van der Waals surface area contributed by atoms with Crippen molar-refractivity contribution in [1.82, 2.24) is 4.90 Å². The van der Waals surface area contributed by atoms with Gasteiger partial charge >= 0.3 is 0 Å². The van der Waals surface area contributed by atoms with Crippen molar-refractivity contribution in [2.75, 3.05) is 26.3 Å². The smallest absolute Gasteiger partial charge is 0.239 e. The van der Waals surface area contributed by atoms with E-state index in [2.05, 4.69) is 6.07 Å². The molecule has 5 nitrogen and oxygen atoms in total. The largest absolute Gasteiger partial charge is 0.394 e. The van der Waals surface area contributed by atoms with Crippen molar-refractivity contribution in [2.24, 2.45) is 5.92 Å². The van der Waals surface area contributed by atoms with Gasteiger partial charge in [-0.2, -0.15) is 5.26 Å². The number of rotatable bonds is 6. The molecule has 0 saturated carbocycles. The first-order chi connectivity index (χ1) is 8.72. The van der Waals surface area contributed by atoms with Crippen molar-refractivity contribution in [3.8, 4) is 6.07 Å². The van der Waals surface area contributed by atoms with Gasteiger partial charge in [-0.3, -0.25) is 4.79 Å². The van der Waals surface area contributed by atoms with Crippen LogP contribution in [0.3, 0.4) is 0 Å². The minimum absolute atomic E-state index is 0.0339. The van der Waals surface area contributed by atoms with E-state index in [0.717, 1.165) is 19.3 Å². The summed E-state index contributed by atoms with van der Waals surface area (Å²) in [5.74, 6) is -0.537. The Balaban J connectivity index is 2.37. The molecular weight excluding hydrogens is 232 g/mol. The number of amides is 1. The van der Waals surface area contributed by atoms with Gasteiger partial charge in [0, 0.05) is 13.1 Å². The fourth-order valence-corrected chi connectivity index (χ4v) is 2.21. The molecule has 1 aliphatic heterocycles. The quantitative estimate of drug-likeness (QED) is 0.765. The fourth-order valence-electron chi connectivity index (χ4n) is 2.21. The van der Waals surface area contributed by atoms with Crippen LogP contribution in [0.2, 0.25) is 0 Å². The van der Waals surface area contributed by atoms with Crippen molar-refractivity contribution in [3.05, 3.63) is 0 Å². The first-order valence-corrected chi connectivity index (χ1v) is 6.63. The molecular formula is C13H22N2O3. The SMILES string of the molecule is CCCC(C#N)C(=O)N1CCC(OCCO)CC1. The molecule has 5 heteroatoms. The van der Waals surface area contributed by atoms with Crippen molar-refractivity contribution >= 4 is 5.91 Å². The molecule has 18 heavy (non-hydrogen) atoms. The number of hydrogen-bond acceptors (Lipinski definition) is 4. The van der Waals surface area contributed by atoms with E-state index in [0.29, 0.717) is 26.1 Å². The van der Waals surface area contributed by atoms with Gasteiger partial charge in [0.05, 0.1) is 25.4 Å². The highest BCUT2D eigenvalue weighted by atomic mass is 16.5. The normalized spacial score (nSPS) is 18.4. The summed E-state index contributed by atoms with van der Waals surface area (Å²) in [6.07, 6.45) is 3.19. The van der Waals surface area contributed by atoms with E-state index >= 15 is 0 Å². The summed E-state index contributed by atoms with van der Waals surface area (Å²) in [4.78, 5) is 13.8. The van der Waals surface area contributed by atoms with E-state index in [9.17, 15) is 4.79 Å². The molecule has 1 atom stereocenters. The van der Waals surface area contributed by atoms with Gasteiger partial charge in [-0.05, 0) is 19.3 Å². The van der Waals surface area contributed by atoms with Crippen LogP contribution in [0.4, 0.5) is 0 Å². The van der Waals surface area contributed by atoms with Gasteiger partial charge in [0.2, 0.25) is 5.91 Å². The van der Waals surface area contributed by atoms with Crippen LogP contribution in [-0.4, -0.2) is 48.3 Å². The Morgan fingerprint density at radius 3 is 2.72 bits per heavy atom. The van der Waals surface area contributed by atoms with Gasteiger partial charge in [-0.15, -0.1) is 0 Å². The number of aliphatic hydroxyl groups is 1. The van der Waals surface area contributed by atoms with Crippen LogP contribution < -0.4 is 0 Å². The number of ether oxygens (including phenoxy) is 1. The fraction of sp³-hybridized carbons (Fsp3) is 0.846. The average molecular weight is 254 g/mol. The van der Waals surface area contributed by atoms with Gasteiger partial charge in [0.25, 0.3) is 0 Å². The molecule has 1 rings (SSSR count). The summed E-state index contributed by atoms with van der Waals surface area (Å²) in [5.41, 5.74) is 0. The van der Waals surface area contributed by atoms with Crippen LogP contribution in [0.5, 0.6) is 0 Å². The molecule has 0 bridgehead atoms. The molecule has 102 valence electrons. The van der Waals surface area contributed by atoms with Crippen LogP contribution in [0.25, 0.3) is 0 Å². The number of hydrogen-bond donors (Lipinski definition) is 1. The molecule has 1 saturated heterocycles. The molecule has 1 amide bonds. The lowest BCUT2D eigenvalue weighted by Crippen LogP contribution is -2.43. The predicted molar refractivity (Wildman–Crippen MR) is 66.7 cm³/mol. The third-order valence-corrected chi connectivity index (χ3v) is 3.23. The van der Waals surface area contributed by atoms with Gasteiger partial charge in [0.1, 0.15) is 5.92 Å². The van der Waals surface area contributed by atoms with Crippen molar-refractivity contribution in [1.29, 1.82) is 5.26 Å². The average Bonchev–Trinajstić information content (AvgIpc) is 2.42. The zero-order chi connectivity index (χ0) is 13.4.